The fourth-order valence-electron chi connectivity index (χ4n) is 1.93. The summed E-state index contributed by atoms with van der Waals surface area (Å²) in [4.78, 5) is 11.3. The first-order chi connectivity index (χ1) is 10.9. The van der Waals surface area contributed by atoms with Crippen molar-refractivity contribution in [2.24, 2.45) is 0 Å². The van der Waals surface area contributed by atoms with Crippen molar-refractivity contribution in [3.8, 4) is 0 Å². The van der Waals surface area contributed by atoms with Gasteiger partial charge >= 0.3 is 5.97 Å². The van der Waals surface area contributed by atoms with Gasteiger partial charge in [-0.2, -0.15) is 0 Å². The first-order valence-corrected chi connectivity index (χ1v) is 9.00. The lowest BCUT2D eigenvalue weighted by molar-refractivity contribution is 0.0697. The third kappa shape index (κ3) is 6.17. The maximum atomic E-state index is 12.2. The number of hydrogen-bond donors (Lipinski definition) is 3. The molecular formula is C15H24N2O5S. The molecule has 23 heavy (non-hydrogen) atoms. The molecule has 0 aromatic heterocycles. The first-order valence-electron chi connectivity index (χ1n) is 7.52. The zero-order chi connectivity index (χ0) is 17.3. The molecule has 0 bridgehead atoms. The van der Waals surface area contributed by atoms with Gasteiger partial charge in [-0.1, -0.05) is 13.3 Å². The topological polar surface area (TPSA) is 105 Å². The SMILES string of the molecule is CCCCNS(=O)(=O)c1ccc(NCCCOC)c(C(=O)O)c1. The summed E-state index contributed by atoms with van der Waals surface area (Å²) in [6.45, 7) is 3.39. The average Bonchev–Trinajstić information content (AvgIpc) is 2.51. The number of carboxylic acid groups (broad SMARTS) is 1. The number of carbonyl (C=O) groups is 1. The van der Waals surface area contributed by atoms with Crippen molar-refractivity contribution in [2.45, 2.75) is 31.1 Å². The maximum Gasteiger partial charge on any atom is 0.337 e. The zero-order valence-electron chi connectivity index (χ0n) is 13.5. The Balaban J connectivity index is 2.92. The van der Waals surface area contributed by atoms with Crippen molar-refractivity contribution in [1.29, 1.82) is 0 Å². The van der Waals surface area contributed by atoms with Crippen molar-refractivity contribution in [3.05, 3.63) is 23.8 Å². The molecule has 130 valence electrons. The van der Waals surface area contributed by atoms with Gasteiger partial charge < -0.3 is 15.2 Å². The molecule has 0 unspecified atom stereocenters. The van der Waals surface area contributed by atoms with Crippen LogP contribution in [0.1, 0.15) is 36.5 Å². The van der Waals surface area contributed by atoms with Crippen molar-refractivity contribution < 1.29 is 23.1 Å². The molecule has 8 heteroatoms. The fraction of sp³-hybridized carbons (Fsp3) is 0.533. The van der Waals surface area contributed by atoms with Gasteiger partial charge in [-0.25, -0.2) is 17.9 Å². The predicted octanol–water partition coefficient (Wildman–Crippen LogP) is 1.91. The van der Waals surface area contributed by atoms with Crippen molar-refractivity contribution in [3.63, 3.8) is 0 Å². The second-order valence-corrected chi connectivity index (χ2v) is 6.80. The number of rotatable bonds is 11. The van der Waals surface area contributed by atoms with Gasteiger partial charge in [-0.3, -0.25) is 0 Å². The number of methoxy groups -OCH3 is 1. The summed E-state index contributed by atoms with van der Waals surface area (Å²) in [6, 6.07) is 4.05. The maximum absolute atomic E-state index is 12.2. The summed E-state index contributed by atoms with van der Waals surface area (Å²) in [5.41, 5.74) is 0.321. The molecule has 0 aliphatic carbocycles. The lowest BCUT2D eigenvalue weighted by Crippen LogP contribution is -2.25. The Labute approximate surface area is 137 Å². The molecule has 0 saturated heterocycles. The van der Waals surface area contributed by atoms with Crippen LogP contribution >= 0.6 is 0 Å². The van der Waals surface area contributed by atoms with Crippen LogP contribution in [0.2, 0.25) is 0 Å². The van der Waals surface area contributed by atoms with E-state index in [0.717, 1.165) is 12.8 Å². The lowest BCUT2D eigenvalue weighted by Gasteiger charge is -2.12. The number of carboxylic acids is 1. The molecule has 0 radical (unpaired) electrons. The van der Waals surface area contributed by atoms with Crippen LogP contribution in [0.25, 0.3) is 0 Å². The summed E-state index contributed by atoms with van der Waals surface area (Å²) >= 11 is 0. The minimum atomic E-state index is -3.70. The standard InChI is InChI=1S/C15H24N2O5S/c1-3-4-9-17-23(20,21)12-6-7-14(13(11-12)15(18)19)16-8-5-10-22-2/h6-7,11,16-17H,3-5,8-10H2,1-2H3,(H,18,19). The highest BCUT2D eigenvalue weighted by Crippen LogP contribution is 2.21. The molecule has 1 aromatic rings. The van der Waals surface area contributed by atoms with E-state index in [1.165, 1.54) is 18.2 Å². The van der Waals surface area contributed by atoms with Gasteiger partial charge in [-0.05, 0) is 31.0 Å². The van der Waals surface area contributed by atoms with Crippen LogP contribution in [0.4, 0.5) is 5.69 Å². The smallest absolute Gasteiger partial charge is 0.337 e. The molecule has 0 spiro atoms. The molecule has 0 atom stereocenters. The van der Waals surface area contributed by atoms with E-state index in [4.69, 9.17) is 4.74 Å². The molecule has 3 N–H and O–H groups in total. The van der Waals surface area contributed by atoms with Crippen LogP contribution in [0.3, 0.4) is 0 Å². The second-order valence-electron chi connectivity index (χ2n) is 5.04. The highest BCUT2D eigenvalue weighted by Gasteiger charge is 2.18. The van der Waals surface area contributed by atoms with Crippen molar-refractivity contribution in [1.82, 2.24) is 4.72 Å². The summed E-state index contributed by atoms with van der Waals surface area (Å²) < 4.78 is 31.7. The van der Waals surface area contributed by atoms with Gasteiger partial charge in [0.15, 0.2) is 0 Å². The van der Waals surface area contributed by atoms with Crippen molar-refractivity contribution >= 4 is 21.7 Å². The molecule has 0 aliphatic heterocycles. The fourth-order valence-corrected chi connectivity index (χ4v) is 3.03. The van der Waals surface area contributed by atoms with Gasteiger partial charge in [-0.15, -0.1) is 0 Å². The largest absolute Gasteiger partial charge is 0.478 e. The lowest BCUT2D eigenvalue weighted by atomic mass is 10.2. The molecule has 0 amide bonds. The zero-order valence-corrected chi connectivity index (χ0v) is 14.3. The number of hydrogen-bond acceptors (Lipinski definition) is 5. The molecule has 0 fully saturated rings. The normalized spacial score (nSPS) is 11.4. The van der Waals surface area contributed by atoms with E-state index in [-0.39, 0.29) is 10.5 Å². The Morgan fingerprint density at radius 3 is 2.61 bits per heavy atom. The summed E-state index contributed by atoms with van der Waals surface area (Å²) in [5.74, 6) is -1.18. The highest BCUT2D eigenvalue weighted by molar-refractivity contribution is 7.89. The Bertz CT molecular complexity index is 616. The van der Waals surface area contributed by atoms with E-state index >= 15 is 0 Å². The van der Waals surface area contributed by atoms with E-state index in [0.29, 0.717) is 31.8 Å². The monoisotopic (exact) mass is 344 g/mol. The molecule has 0 saturated carbocycles. The number of benzene rings is 1. The Kier molecular flexibility index (Phi) is 8.01. The minimum absolute atomic E-state index is 0.0477. The number of anilines is 1. The first kappa shape index (κ1) is 19.4. The van der Waals surface area contributed by atoms with Crippen LogP contribution in [-0.4, -0.2) is 46.3 Å². The summed E-state index contributed by atoms with van der Waals surface area (Å²) in [6.07, 6.45) is 2.31. The quantitative estimate of drug-likeness (QED) is 0.530. The predicted molar refractivity (Wildman–Crippen MR) is 88.5 cm³/mol. The Morgan fingerprint density at radius 2 is 2.00 bits per heavy atom. The van der Waals surface area contributed by atoms with Gasteiger partial charge in [0.25, 0.3) is 0 Å². The van der Waals surface area contributed by atoms with E-state index in [1.807, 2.05) is 6.92 Å². The Morgan fingerprint density at radius 1 is 1.26 bits per heavy atom. The molecule has 0 heterocycles. The van der Waals surface area contributed by atoms with Gasteiger partial charge in [0.1, 0.15) is 0 Å². The Hall–Kier alpha value is -1.64. The molecule has 7 nitrogen and oxygen atoms in total. The van der Waals surface area contributed by atoms with E-state index < -0.39 is 16.0 Å². The summed E-state index contributed by atoms with van der Waals surface area (Å²) in [7, 11) is -2.10. The number of aromatic carboxylic acids is 1. The molecule has 1 aromatic carbocycles. The summed E-state index contributed by atoms with van der Waals surface area (Å²) in [5, 5.41) is 12.3. The van der Waals surface area contributed by atoms with Crippen LogP contribution in [0, 0.1) is 0 Å². The number of unbranched alkanes of at least 4 members (excludes halogenated alkanes) is 1. The van der Waals surface area contributed by atoms with Gasteiger partial charge in [0, 0.05) is 32.5 Å². The minimum Gasteiger partial charge on any atom is -0.478 e. The van der Waals surface area contributed by atoms with E-state index in [2.05, 4.69) is 10.0 Å². The van der Waals surface area contributed by atoms with Crippen LogP contribution < -0.4 is 10.0 Å². The molecule has 1 rings (SSSR count). The van der Waals surface area contributed by atoms with Crippen molar-refractivity contribution in [2.75, 3.05) is 32.1 Å². The highest BCUT2D eigenvalue weighted by atomic mass is 32.2. The van der Waals surface area contributed by atoms with Crippen LogP contribution in [-0.2, 0) is 14.8 Å². The van der Waals surface area contributed by atoms with E-state index in [9.17, 15) is 18.3 Å². The molecule has 0 aliphatic rings. The van der Waals surface area contributed by atoms with Crippen LogP contribution in [0.15, 0.2) is 23.1 Å². The van der Waals surface area contributed by atoms with E-state index in [1.54, 1.807) is 7.11 Å². The van der Waals surface area contributed by atoms with Gasteiger partial charge in [0.05, 0.1) is 10.5 Å². The van der Waals surface area contributed by atoms with Crippen LogP contribution in [0.5, 0.6) is 0 Å². The number of nitrogens with one attached hydrogen (secondary N) is 2. The number of sulfonamides is 1. The number of ether oxygens (including phenoxy) is 1. The average molecular weight is 344 g/mol. The third-order valence-electron chi connectivity index (χ3n) is 3.19. The second kappa shape index (κ2) is 9.49. The van der Waals surface area contributed by atoms with Gasteiger partial charge in [0.2, 0.25) is 10.0 Å². The third-order valence-corrected chi connectivity index (χ3v) is 4.65. The molecular weight excluding hydrogens is 320 g/mol.